The van der Waals surface area contributed by atoms with Gasteiger partial charge in [-0.3, -0.25) is 5.01 Å². The Labute approximate surface area is 195 Å². The molecule has 33 heavy (non-hydrogen) atoms. The van der Waals surface area contributed by atoms with Crippen LogP contribution in [0.2, 0.25) is 10.0 Å². The van der Waals surface area contributed by atoms with E-state index < -0.39 is 54.7 Å². The molecule has 13 heteroatoms. The summed E-state index contributed by atoms with van der Waals surface area (Å²) in [6.07, 6.45) is -4.08. The molecule has 2 aromatic carbocycles. The van der Waals surface area contributed by atoms with Crippen LogP contribution in [0.5, 0.6) is 5.75 Å². The molecule has 178 valence electrons. The van der Waals surface area contributed by atoms with Gasteiger partial charge in [-0.2, -0.15) is 0 Å². The Kier molecular flexibility index (Phi) is 6.91. The summed E-state index contributed by atoms with van der Waals surface area (Å²) < 4.78 is 51.7. The van der Waals surface area contributed by atoms with Crippen LogP contribution in [0.25, 0.3) is 5.70 Å². The van der Waals surface area contributed by atoms with Crippen molar-refractivity contribution in [3.63, 3.8) is 0 Å². The van der Waals surface area contributed by atoms with Gasteiger partial charge in [0.05, 0.1) is 22.3 Å². The topological polar surface area (TPSA) is 106 Å². The summed E-state index contributed by atoms with van der Waals surface area (Å²) in [5, 5.41) is 32.9. The quantitative estimate of drug-likeness (QED) is 0.391. The summed E-state index contributed by atoms with van der Waals surface area (Å²) in [7, 11) is 0. The normalized spacial score (nSPS) is 27.3. The maximum absolute atomic E-state index is 13.6. The van der Waals surface area contributed by atoms with Gasteiger partial charge < -0.3 is 30.2 Å². The van der Waals surface area contributed by atoms with E-state index in [2.05, 4.69) is 11.0 Å². The Morgan fingerprint density at radius 1 is 1.03 bits per heavy atom. The van der Waals surface area contributed by atoms with E-state index in [1.54, 1.807) is 0 Å². The highest BCUT2D eigenvalue weighted by Gasteiger charge is 2.49. The number of rotatable bonds is 5. The zero-order chi connectivity index (χ0) is 23.9. The number of halogens is 5. The van der Waals surface area contributed by atoms with E-state index in [1.165, 1.54) is 29.4 Å². The van der Waals surface area contributed by atoms with E-state index in [0.717, 1.165) is 12.1 Å². The molecule has 0 saturated carbocycles. The van der Waals surface area contributed by atoms with Crippen LogP contribution in [0.4, 0.5) is 13.2 Å². The molecule has 1 saturated heterocycles. The third kappa shape index (κ3) is 4.71. The molecule has 0 spiro atoms. The molecular formula is C20H18Cl2F3N3O5. The number of aliphatic hydroxyl groups excluding tert-OH is 3. The standard InChI is InChI=1S/C20H18Cl2F3N3O5/c21-10-2-1-9(5-11(10)22)32-20-19(31)17(18(30)15(7-29)33-20)28-6-14(26-27-28)8-3-12(23)16(25)13(24)4-8/h1-6,15,17-20,26-27,29-31H,7H2/t15?,17?,18-,19?,20-/m0/s1. The average Bonchev–Trinajstić information content (AvgIpc) is 3.26. The fourth-order valence-electron chi connectivity index (χ4n) is 3.52. The Morgan fingerprint density at radius 2 is 1.73 bits per heavy atom. The molecule has 8 nitrogen and oxygen atoms in total. The third-order valence-corrected chi connectivity index (χ3v) is 5.93. The van der Waals surface area contributed by atoms with Crippen molar-refractivity contribution in [2.45, 2.75) is 30.6 Å². The lowest BCUT2D eigenvalue weighted by Gasteiger charge is -2.44. The molecule has 1 fully saturated rings. The summed E-state index contributed by atoms with van der Waals surface area (Å²) in [6, 6.07) is 4.79. The number of ether oxygens (including phenoxy) is 2. The molecule has 0 radical (unpaired) electrons. The Hall–Kier alpha value is -2.25. The number of hydrazine groups is 2. The van der Waals surface area contributed by atoms with Crippen molar-refractivity contribution in [2.24, 2.45) is 0 Å². The first-order chi connectivity index (χ1) is 15.7. The van der Waals surface area contributed by atoms with Crippen LogP contribution in [0.1, 0.15) is 5.56 Å². The van der Waals surface area contributed by atoms with E-state index in [-0.39, 0.29) is 27.1 Å². The van der Waals surface area contributed by atoms with Gasteiger partial charge in [0, 0.05) is 17.8 Å². The predicted molar refractivity (Wildman–Crippen MR) is 111 cm³/mol. The fraction of sp³-hybridized carbons (Fsp3) is 0.300. The molecular weight excluding hydrogens is 490 g/mol. The van der Waals surface area contributed by atoms with Gasteiger partial charge in [0.25, 0.3) is 0 Å². The van der Waals surface area contributed by atoms with Crippen LogP contribution in [-0.4, -0.2) is 57.6 Å². The first-order valence-corrected chi connectivity index (χ1v) is 10.4. The molecule has 4 rings (SSSR count). The summed E-state index contributed by atoms with van der Waals surface area (Å²) in [5.41, 5.74) is 5.36. The van der Waals surface area contributed by atoms with Gasteiger partial charge in [-0.1, -0.05) is 23.2 Å². The molecule has 2 heterocycles. The lowest BCUT2D eigenvalue weighted by molar-refractivity contribution is -0.265. The molecule has 0 aromatic heterocycles. The zero-order valence-corrected chi connectivity index (χ0v) is 18.1. The van der Waals surface area contributed by atoms with Crippen LogP contribution in [0.15, 0.2) is 36.5 Å². The van der Waals surface area contributed by atoms with Crippen molar-refractivity contribution in [3.05, 3.63) is 69.6 Å². The SMILES string of the molecule is OCC1O[C@H](Oc2ccc(Cl)c(Cl)c2)C(O)C(N2C=C(c3cc(F)c(F)c(F)c3)NN2)[C@H]1O. The number of hydrogen-bond acceptors (Lipinski definition) is 8. The van der Waals surface area contributed by atoms with E-state index >= 15 is 0 Å². The molecule has 0 aliphatic carbocycles. The third-order valence-electron chi connectivity index (χ3n) is 5.20. The number of hydrogen-bond donors (Lipinski definition) is 5. The zero-order valence-electron chi connectivity index (χ0n) is 16.6. The van der Waals surface area contributed by atoms with Gasteiger partial charge in [0.2, 0.25) is 6.29 Å². The first kappa shape index (κ1) is 23.9. The monoisotopic (exact) mass is 507 g/mol. The van der Waals surface area contributed by atoms with E-state index in [4.69, 9.17) is 32.7 Å². The van der Waals surface area contributed by atoms with Gasteiger partial charge in [-0.05, 0) is 24.3 Å². The van der Waals surface area contributed by atoms with Crippen molar-refractivity contribution < 1.29 is 38.0 Å². The van der Waals surface area contributed by atoms with Crippen molar-refractivity contribution >= 4 is 28.9 Å². The lowest BCUT2D eigenvalue weighted by atomic mass is 9.95. The van der Waals surface area contributed by atoms with Gasteiger partial charge in [-0.15, -0.1) is 5.53 Å². The van der Waals surface area contributed by atoms with Crippen LogP contribution in [-0.2, 0) is 4.74 Å². The molecule has 0 bridgehead atoms. The Balaban J connectivity index is 1.59. The highest BCUT2D eigenvalue weighted by atomic mass is 35.5. The minimum atomic E-state index is -1.61. The fourth-order valence-corrected chi connectivity index (χ4v) is 3.81. The Bertz CT molecular complexity index is 1060. The molecule has 2 aliphatic rings. The maximum Gasteiger partial charge on any atom is 0.228 e. The van der Waals surface area contributed by atoms with E-state index in [1.807, 2.05) is 0 Å². The number of nitrogens with zero attached hydrogens (tertiary/aromatic N) is 1. The lowest BCUT2D eigenvalue weighted by Crippen LogP contribution is -2.66. The minimum absolute atomic E-state index is 0.0280. The average molecular weight is 508 g/mol. The minimum Gasteiger partial charge on any atom is -0.462 e. The van der Waals surface area contributed by atoms with Crippen LogP contribution in [0.3, 0.4) is 0 Å². The van der Waals surface area contributed by atoms with E-state index in [9.17, 15) is 28.5 Å². The molecule has 3 unspecified atom stereocenters. The number of aliphatic hydroxyl groups is 3. The number of benzene rings is 2. The summed E-state index contributed by atoms with van der Waals surface area (Å²) in [6.45, 7) is -0.599. The summed E-state index contributed by atoms with van der Waals surface area (Å²) >= 11 is 11.9. The maximum atomic E-state index is 13.6. The van der Waals surface area contributed by atoms with Gasteiger partial charge in [0.15, 0.2) is 17.5 Å². The smallest absolute Gasteiger partial charge is 0.228 e. The van der Waals surface area contributed by atoms with Gasteiger partial charge in [-0.25, -0.2) is 13.2 Å². The molecule has 2 aliphatic heterocycles. The first-order valence-electron chi connectivity index (χ1n) is 9.60. The summed E-state index contributed by atoms with van der Waals surface area (Å²) in [5.74, 6) is -4.16. The molecule has 5 atom stereocenters. The van der Waals surface area contributed by atoms with Crippen molar-refractivity contribution in [1.29, 1.82) is 0 Å². The second-order valence-corrected chi connectivity index (χ2v) is 8.15. The second kappa shape index (κ2) is 9.55. The van der Waals surface area contributed by atoms with Crippen molar-refractivity contribution in [1.82, 2.24) is 16.0 Å². The van der Waals surface area contributed by atoms with Crippen LogP contribution >= 0.6 is 23.2 Å². The highest BCUT2D eigenvalue weighted by molar-refractivity contribution is 6.42. The van der Waals surface area contributed by atoms with Crippen molar-refractivity contribution in [2.75, 3.05) is 6.61 Å². The second-order valence-electron chi connectivity index (χ2n) is 7.33. The largest absolute Gasteiger partial charge is 0.462 e. The van der Waals surface area contributed by atoms with Crippen LogP contribution < -0.4 is 15.7 Å². The number of nitrogens with one attached hydrogen (secondary N) is 2. The Morgan fingerprint density at radius 3 is 2.36 bits per heavy atom. The van der Waals surface area contributed by atoms with Crippen LogP contribution in [0, 0.1) is 17.5 Å². The molecule has 0 amide bonds. The van der Waals surface area contributed by atoms with Gasteiger partial charge >= 0.3 is 0 Å². The molecule has 5 N–H and O–H groups in total. The van der Waals surface area contributed by atoms with E-state index in [0.29, 0.717) is 0 Å². The van der Waals surface area contributed by atoms with Crippen molar-refractivity contribution in [3.8, 4) is 5.75 Å². The summed E-state index contributed by atoms with van der Waals surface area (Å²) in [4.78, 5) is 0. The van der Waals surface area contributed by atoms with Gasteiger partial charge in [0.1, 0.15) is 30.1 Å². The highest BCUT2D eigenvalue weighted by Crippen LogP contribution is 2.32. The predicted octanol–water partition coefficient (Wildman–Crippen LogP) is 1.92. The molecule has 2 aromatic rings.